The van der Waals surface area contributed by atoms with Gasteiger partial charge in [-0.25, -0.2) is 0 Å². The van der Waals surface area contributed by atoms with Crippen LogP contribution in [-0.4, -0.2) is 16.1 Å². The lowest BCUT2D eigenvalue weighted by Gasteiger charge is -2.09. The van der Waals surface area contributed by atoms with Crippen LogP contribution in [0, 0.1) is 23.7 Å². The van der Waals surface area contributed by atoms with Gasteiger partial charge in [0.2, 0.25) is 0 Å². The molecule has 0 saturated carbocycles. The lowest BCUT2D eigenvalue weighted by molar-refractivity contribution is 1.56. The molecule has 14 heavy (non-hydrogen) atoms. The Labute approximate surface area is 91.5 Å². The van der Waals surface area contributed by atoms with E-state index in [2.05, 4.69) is 63.0 Å². The zero-order valence-corrected chi connectivity index (χ0v) is 12.4. The molecule has 0 aliphatic rings. The Kier molecular flexibility index (Phi) is 5.27. The van der Waals surface area contributed by atoms with E-state index in [1.807, 2.05) is 0 Å². The first-order valence-electron chi connectivity index (χ1n) is 5.16. The molecular formula is C12H22Si2. The Morgan fingerprint density at radius 1 is 0.643 bits per heavy atom. The van der Waals surface area contributed by atoms with Crippen LogP contribution in [0.15, 0.2) is 0 Å². The Morgan fingerprint density at radius 3 is 1.14 bits per heavy atom. The van der Waals surface area contributed by atoms with Crippen LogP contribution in [0.2, 0.25) is 51.4 Å². The van der Waals surface area contributed by atoms with Gasteiger partial charge in [-0.05, 0) is 11.8 Å². The summed E-state index contributed by atoms with van der Waals surface area (Å²) >= 11 is 0. The Morgan fingerprint density at radius 2 is 0.929 bits per heavy atom. The van der Waals surface area contributed by atoms with E-state index in [4.69, 9.17) is 0 Å². The molecule has 0 heterocycles. The highest BCUT2D eigenvalue weighted by atomic mass is 28.3. The lowest BCUT2D eigenvalue weighted by atomic mass is 10.6. The van der Waals surface area contributed by atoms with Gasteiger partial charge in [-0.15, -0.1) is 0 Å². The van der Waals surface area contributed by atoms with Crippen molar-refractivity contribution in [3.63, 3.8) is 0 Å². The van der Waals surface area contributed by atoms with Crippen LogP contribution < -0.4 is 0 Å². The van der Waals surface area contributed by atoms with Gasteiger partial charge in [0, 0.05) is 12.1 Å². The van der Waals surface area contributed by atoms with E-state index in [0.717, 1.165) is 12.1 Å². The van der Waals surface area contributed by atoms with E-state index < -0.39 is 16.1 Å². The molecule has 0 aliphatic heterocycles. The second kappa shape index (κ2) is 5.44. The van der Waals surface area contributed by atoms with Crippen LogP contribution in [0.3, 0.4) is 0 Å². The maximum Gasteiger partial charge on any atom is 0.0574 e. The van der Waals surface area contributed by atoms with Crippen molar-refractivity contribution in [2.24, 2.45) is 0 Å². The summed E-state index contributed by atoms with van der Waals surface area (Å²) in [7, 11) is -1.97. The minimum atomic E-state index is -0.987. The third-order valence-electron chi connectivity index (χ3n) is 1.48. The summed E-state index contributed by atoms with van der Waals surface area (Å²) in [5.41, 5.74) is 0. The Hall–Kier alpha value is -0.446. The highest BCUT2D eigenvalue weighted by Crippen LogP contribution is 2.06. The van der Waals surface area contributed by atoms with Gasteiger partial charge < -0.3 is 0 Å². The van der Waals surface area contributed by atoms with Crippen LogP contribution >= 0.6 is 0 Å². The lowest BCUT2D eigenvalue weighted by Crippen LogP contribution is -2.17. The minimum absolute atomic E-state index is 0.987. The topological polar surface area (TPSA) is 0 Å². The van der Waals surface area contributed by atoms with E-state index in [-0.39, 0.29) is 0 Å². The zero-order chi connectivity index (χ0) is 11.2. The fourth-order valence-corrected chi connectivity index (χ4v) is 1.94. The van der Waals surface area contributed by atoms with Gasteiger partial charge in [-0.1, -0.05) is 51.1 Å². The Bertz CT molecular complexity index is 249. The van der Waals surface area contributed by atoms with Crippen molar-refractivity contribution in [1.82, 2.24) is 0 Å². The average Bonchev–Trinajstić information content (AvgIpc) is 1.92. The van der Waals surface area contributed by atoms with E-state index >= 15 is 0 Å². The van der Waals surface area contributed by atoms with Crippen LogP contribution in [0.4, 0.5) is 0 Å². The van der Waals surface area contributed by atoms with Gasteiger partial charge >= 0.3 is 0 Å². The molecule has 0 rings (SSSR count). The SMILES string of the molecule is C[Si](C)(C)CC#CC#CC[Si](C)(C)C. The first-order valence-corrected chi connectivity index (χ1v) is 12.6. The van der Waals surface area contributed by atoms with E-state index in [1.54, 1.807) is 0 Å². The molecule has 0 saturated heterocycles. The van der Waals surface area contributed by atoms with Crippen molar-refractivity contribution < 1.29 is 0 Å². The van der Waals surface area contributed by atoms with E-state index in [1.165, 1.54) is 0 Å². The highest BCUT2D eigenvalue weighted by molar-refractivity contribution is 6.77. The number of hydrogen-bond donors (Lipinski definition) is 0. The first kappa shape index (κ1) is 13.6. The molecule has 0 radical (unpaired) electrons. The molecule has 2 heteroatoms. The monoisotopic (exact) mass is 222 g/mol. The largest absolute Gasteiger partial charge is 0.0921 e. The fourth-order valence-electron chi connectivity index (χ4n) is 0.707. The fraction of sp³-hybridized carbons (Fsp3) is 0.667. The van der Waals surface area contributed by atoms with Crippen molar-refractivity contribution in [3.8, 4) is 23.7 Å². The molecule has 0 N–H and O–H groups in total. The van der Waals surface area contributed by atoms with Gasteiger partial charge in [-0.3, -0.25) is 0 Å². The predicted molar refractivity (Wildman–Crippen MR) is 71.9 cm³/mol. The number of rotatable bonds is 2. The van der Waals surface area contributed by atoms with Gasteiger partial charge in [0.05, 0.1) is 16.1 Å². The highest BCUT2D eigenvalue weighted by Gasteiger charge is 2.10. The maximum absolute atomic E-state index is 3.17. The minimum Gasteiger partial charge on any atom is -0.0921 e. The molecule has 0 unspecified atom stereocenters. The summed E-state index contributed by atoms with van der Waals surface area (Å²) in [6, 6.07) is 2.13. The quantitative estimate of drug-likeness (QED) is 0.494. The molecule has 0 nitrogen and oxygen atoms in total. The summed E-state index contributed by atoms with van der Waals surface area (Å²) in [6.07, 6.45) is 0. The summed E-state index contributed by atoms with van der Waals surface area (Å²) < 4.78 is 0. The third kappa shape index (κ3) is 11.6. The van der Waals surface area contributed by atoms with Gasteiger partial charge in [-0.2, -0.15) is 0 Å². The third-order valence-corrected chi connectivity index (χ3v) is 3.95. The Balaban J connectivity index is 3.93. The molecule has 0 aromatic heterocycles. The molecule has 0 bridgehead atoms. The van der Waals surface area contributed by atoms with Crippen LogP contribution in [0.25, 0.3) is 0 Å². The predicted octanol–water partition coefficient (Wildman–Crippen LogP) is 3.67. The molecular weight excluding hydrogens is 200 g/mol. The first-order chi connectivity index (χ1) is 6.21. The summed E-state index contributed by atoms with van der Waals surface area (Å²) in [6.45, 7) is 14.0. The van der Waals surface area contributed by atoms with Crippen LogP contribution in [0.5, 0.6) is 0 Å². The summed E-state index contributed by atoms with van der Waals surface area (Å²) in [4.78, 5) is 0. The van der Waals surface area contributed by atoms with Crippen LogP contribution in [0.1, 0.15) is 0 Å². The standard InChI is InChI=1S/C12H22Si2/c1-13(2,3)11-9-7-8-10-12-14(4,5)6/h11-12H2,1-6H3. The van der Waals surface area contributed by atoms with Gasteiger partial charge in [0.25, 0.3) is 0 Å². The van der Waals surface area contributed by atoms with Crippen molar-refractivity contribution in [3.05, 3.63) is 0 Å². The molecule has 0 spiro atoms. The molecule has 0 aromatic carbocycles. The maximum atomic E-state index is 3.17. The molecule has 78 valence electrons. The average molecular weight is 222 g/mol. The van der Waals surface area contributed by atoms with Crippen LogP contribution in [-0.2, 0) is 0 Å². The van der Waals surface area contributed by atoms with Crippen molar-refractivity contribution in [1.29, 1.82) is 0 Å². The van der Waals surface area contributed by atoms with Crippen molar-refractivity contribution in [2.75, 3.05) is 0 Å². The molecule has 0 fully saturated rings. The van der Waals surface area contributed by atoms with Gasteiger partial charge in [0.15, 0.2) is 0 Å². The molecule has 0 aromatic rings. The van der Waals surface area contributed by atoms with Crippen molar-refractivity contribution in [2.45, 2.75) is 51.4 Å². The molecule has 0 atom stereocenters. The second-order valence-electron chi connectivity index (χ2n) is 6.08. The molecule has 0 amide bonds. The second-order valence-corrected chi connectivity index (χ2v) is 17.0. The van der Waals surface area contributed by atoms with E-state index in [0.29, 0.717) is 0 Å². The summed E-state index contributed by atoms with van der Waals surface area (Å²) in [5.74, 6) is 12.3. The summed E-state index contributed by atoms with van der Waals surface area (Å²) in [5, 5.41) is 0. The zero-order valence-electron chi connectivity index (χ0n) is 10.4. The van der Waals surface area contributed by atoms with Crippen molar-refractivity contribution >= 4 is 16.1 Å². The smallest absolute Gasteiger partial charge is 0.0574 e. The molecule has 0 aliphatic carbocycles. The normalized spacial score (nSPS) is 11.0. The number of hydrogen-bond acceptors (Lipinski definition) is 0. The van der Waals surface area contributed by atoms with E-state index in [9.17, 15) is 0 Å². The van der Waals surface area contributed by atoms with Gasteiger partial charge in [0.1, 0.15) is 0 Å².